The Morgan fingerprint density at radius 2 is 2.20 bits per heavy atom. The summed E-state index contributed by atoms with van der Waals surface area (Å²) in [7, 11) is -3.82. The van der Waals surface area contributed by atoms with Gasteiger partial charge in [0, 0.05) is 6.54 Å². The zero-order valence-electron chi connectivity index (χ0n) is 10.3. The van der Waals surface area contributed by atoms with Gasteiger partial charge in [0.15, 0.2) is 5.84 Å². The Morgan fingerprint density at radius 1 is 1.50 bits per heavy atom. The van der Waals surface area contributed by atoms with Crippen LogP contribution in [0.25, 0.3) is 0 Å². The van der Waals surface area contributed by atoms with Gasteiger partial charge in [0.25, 0.3) is 0 Å². The van der Waals surface area contributed by atoms with Crippen molar-refractivity contribution < 1.29 is 13.6 Å². The molecule has 3 N–H and O–H groups in total. The minimum atomic E-state index is -3.82. The highest BCUT2D eigenvalue weighted by molar-refractivity contribution is 7.89. The number of hydrogen-bond donors (Lipinski definition) is 2. The van der Waals surface area contributed by atoms with E-state index < -0.39 is 16.1 Å². The van der Waals surface area contributed by atoms with Crippen molar-refractivity contribution in [2.75, 3.05) is 6.54 Å². The Kier molecular flexibility index (Phi) is 4.80. The molecule has 1 aromatic heterocycles. The fraction of sp³-hybridized carbons (Fsp3) is 0.500. The lowest BCUT2D eigenvalue weighted by Crippen LogP contribution is -2.50. The van der Waals surface area contributed by atoms with Gasteiger partial charge in [-0.1, -0.05) is 34.8 Å². The summed E-state index contributed by atoms with van der Waals surface area (Å²) in [6.45, 7) is 0.299. The number of piperidine rings is 1. The predicted molar refractivity (Wildman–Crippen MR) is 79.3 cm³/mol. The van der Waals surface area contributed by atoms with E-state index in [4.69, 9.17) is 34.1 Å². The fourth-order valence-electron chi connectivity index (χ4n) is 2.18. The third-order valence-corrected chi connectivity index (χ3v) is 6.78. The fourth-order valence-corrected chi connectivity index (χ4v) is 5.97. The molecule has 0 saturated carbocycles. The summed E-state index contributed by atoms with van der Waals surface area (Å²) >= 11 is 12.7. The molecule has 112 valence electrons. The van der Waals surface area contributed by atoms with Crippen molar-refractivity contribution in [1.29, 1.82) is 0 Å². The second kappa shape index (κ2) is 6.07. The van der Waals surface area contributed by atoms with Gasteiger partial charge in [-0.3, -0.25) is 0 Å². The SMILES string of the molecule is NC(=NO)C1CCCCN1S(=O)(=O)c1cc(Cl)sc1Cl. The van der Waals surface area contributed by atoms with Crippen LogP contribution in [0.5, 0.6) is 0 Å². The van der Waals surface area contributed by atoms with Gasteiger partial charge in [-0.2, -0.15) is 4.31 Å². The van der Waals surface area contributed by atoms with Gasteiger partial charge in [0.05, 0.1) is 10.4 Å². The van der Waals surface area contributed by atoms with Crippen molar-refractivity contribution >= 4 is 50.4 Å². The van der Waals surface area contributed by atoms with Gasteiger partial charge >= 0.3 is 0 Å². The number of oxime groups is 1. The molecule has 2 rings (SSSR count). The topological polar surface area (TPSA) is 96.0 Å². The predicted octanol–water partition coefficient (Wildman–Crippen LogP) is 2.34. The number of rotatable bonds is 3. The van der Waals surface area contributed by atoms with E-state index in [2.05, 4.69) is 5.16 Å². The van der Waals surface area contributed by atoms with E-state index in [-0.39, 0.29) is 15.1 Å². The van der Waals surface area contributed by atoms with Crippen molar-refractivity contribution in [3.8, 4) is 0 Å². The maximum Gasteiger partial charge on any atom is 0.246 e. The van der Waals surface area contributed by atoms with Crippen LogP contribution in [0, 0.1) is 0 Å². The lowest BCUT2D eigenvalue weighted by Gasteiger charge is -2.33. The van der Waals surface area contributed by atoms with E-state index in [9.17, 15) is 8.42 Å². The third kappa shape index (κ3) is 2.89. The number of nitrogens with two attached hydrogens (primary N) is 1. The smallest absolute Gasteiger partial charge is 0.246 e. The zero-order valence-corrected chi connectivity index (χ0v) is 13.4. The number of halogens is 2. The van der Waals surface area contributed by atoms with Crippen molar-refractivity contribution in [3.05, 3.63) is 14.7 Å². The van der Waals surface area contributed by atoms with Crippen LogP contribution in [0.15, 0.2) is 16.1 Å². The van der Waals surface area contributed by atoms with Gasteiger partial charge in [-0.05, 0) is 18.9 Å². The average Bonchev–Trinajstić information content (AvgIpc) is 2.77. The van der Waals surface area contributed by atoms with Crippen LogP contribution in [-0.4, -0.2) is 36.4 Å². The first-order valence-corrected chi connectivity index (χ1v) is 8.83. The molecule has 20 heavy (non-hydrogen) atoms. The van der Waals surface area contributed by atoms with Gasteiger partial charge < -0.3 is 10.9 Å². The number of nitrogens with zero attached hydrogens (tertiary/aromatic N) is 2. The lowest BCUT2D eigenvalue weighted by atomic mass is 10.0. The molecule has 1 aromatic rings. The summed E-state index contributed by atoms with van der Waals surface area (Å²) in [5, 5.41) is 11.7. The van der Waals surface area contributed by atoms with E-state index in [1.807, 2.05) is 0 Å². The Hall–Kier alpha value is -0.540. The molecule has 0 aliphatic carbocycles. The van der Waals surface area contributed by atoms with Crippen LogP contribution >= 0.6 is 34.5 Å². The summed E-state index contributed by atoms with van der Waals surface area (Å²) in [4.78, 5) is -0.0354. The molecule has 6 nitrogen and oxygen atoms in total. The molecule has 1 saturated heterocycles. The maximum atomic E-state index is 12.6. The highest BCUT2D eigenvalue weighted by Gasteiger charge is 2.37. The molecule has 1 unspecified atom stereocenters. The number of thiophene rings is 1. The first kappa shape index (κ1) is 15.8. The summed E-state index contributed by atoms with van der Waals surface area (Å²) in [5.41, 5.74) is 5.59. The first-order chi connectivity index (χ1) is 9.37. The van der Waals surface area contributed by atoms with Gasteiger partial charge in [0.2, 0.25) is 10.0 Å². The van der Waals surface area contributed by atoms with Gasteiger partial charge in [-0.15, -0.1) is 11.3 Å². The summed E-state index contributed by atoms with van der Waals surface area (Å²) < 4.78 is 26.9. The van der Waals surface area contributed by atoms with Crippen LogP contribution in [0.4, 0.5) is 0 Å². The molecule has 10 heteroatoms. The molecule has 0 bridgehead atoms. The van der Waals surface area contributed by atoms with Gasteiger partial charge in [-0.25, -0.2) is 8.42 Å². The summed E-state index contributed by atoms with van der Waals surface area (Å²) in [5.74, 6) is -0.120. The first-order valence-electron chi connectivity index (χ1n) is 5.82. The van der Waals surface area contributed by atoms with E-state index in [1.165, 1.54) is 10.4 Å². The van der Waals surface area contributed by atoms with E-state index in [0.717, 1.165) is 17.8 Å². The summed E-state index contributed by atoms with van der Waals surface area (Å²) in [6, 6.07) is 0.662. The number of hydrogen-bond acceptors (Lipinski definition) is 5. The minimum absolute atomic E-state index is 0.0354. The van der Waals surface area contributed by atoms with Crippen molar-refractivity contribution in [3.63, 3.8) is 0 Å². The third-order valence-electron chi connectivity index (χ3n) is 3.12. The quantitative estimate of drug-likeness (QED) is 0.375. The van der Waals surface area contributed by atoms with Crippen molar-refractivity contribution in [1.82, 2.24) is 4.31 Å². The normalized spacial score (nSPS) is 22.1. The molecular formula is C10H13Cl2N3O3S2. The van der Waals surface area contributed by atoms with Crippen LogP contribution < -0.4 is 5.73 Å². The summed E-state index contributed by atoms with van der Waals surface area (Å²) in [6.07, 6.45) is 2.03. The number of sulfonamides is 1. The van der Waals surface area contributed by atoms with Crippen LogP contribution in [0.1, 0.15) is 19.3 Å². The Bertz CT molecular complexity index is 630. The van der Waals surface area contributed by atoms with Crippen LogP contribution in [0.3, 0.4) is 0 Å². The zero-order chi connectivity index (χ0) is 14.9. The second-order valence-corrected chi connectivity index (χ2v) is 8.49. The van der Waals surface area contributed by atoms with Crippen molar-refractivity contribution in [2.45, 2.75) is 30.2 Å². The molecule has 0 radical (unpaired) electrons. The lowest BCUT2D eigenvalue weighted by molar-refractivity contribution is 0.281. The molecule has 1 aliphatic rings. The molecule has 1 atom stereocenters. The van der Waals surface area contributed by atoms with Crippen molar-refractivity contribution in [2.24, 2.45) is 10.9 Å². The highest BCUT2D eigenvalue weighted by Crippen LogP contribution is 2.37. The monoisotopic (exact) mass is 357 g/mol. The number of amidine groups is 1. The Labute approximate surface area is 130 Å². The Balaban J connectivity index is 2.43. The molecule has 2 heterocycles. The standard InChI is InChI=1S/C10H13Cl2N3O3S2/c11-8-5-7(9(12)19-8)20(17,18)15-4-2-1-3-6(15)10(13)14-16/h5-6,16H,1-4H2,(H2,13,14). The highest BCUT2D eigenvalue weighted by atomic mass is 35.5. The van der Waals surface area contributed by atoms with E-state index >= 15 is 0 Å². The molecule has 0 amide bonds. The molecular weight excluding hydrogens is 345 g/mol. The van der Waals surface area contributed by atoms with Gasteiger partial charge in [0.1, 0.15) is 9.23 Å². The van der Waals surface area contributed by atoms with Crippen LogP contribution in [0.2, 0.25) is 8.67 Å². The molecule has 1 fully saturated rings. The average molecular weight is 358 g/mol. The van der Waals surface area contributed by atoms with E-state index in [0.29, 0.717) is 23.7 Å². The molecule has 1 aliphatic heterocycles. The Morgan fingerprint density at radius 3 is 2.75 bits per heavy atom. The molecule has 0 spiro atoms. The second-order valence-electron chi connectivity index (χ2n) is 4.34. The minimum Gasteiger partial charge on any atom is -0.409 e. The van der Waals surface area contributed by atoms with E-state index in [1.54, 1.807) is 0 Å². The molecule has 0 aromatic carbocycles. The maximum absolute atomic E-state index is 12.6. The van der Waals surface area contributed by atoms with Crippen LogP contribution in [-0.2, 0) is 10.0 Å². The largest absolute Gasteiger partial charge is 0.409 e.